The molecule has 5 nitrogen and oxygen atoms in total. The largest absolute Gasteiger partial charge is 0.496 e. The van der Waals surface area contributed by atoms with Crippen molar-refractivity contribution in [3.63, 3.8) is 0 Å². The highest BCUT2D eigenvalue weighted by molar-refractivity contribution is 9.10. The highest BCUT2D eigenvalue weighted by Crippen LogP contribution is 2.39. The van der Waals surface area contributed by atoms with Crippen LogP contribution in [0, 0.1) is 5.41 Å². The highest BCUT2D eigenvalue weighted by atomic mass is 79.9. The lowest BCUT2D eigenvalue weighted by atomic mass is 9.85. The van der Waals surface area contributed by atoms with Gasteiger partial charge in [-0.2, -0.15) is 0 Å². The van der Waals surface area contributed by atoms with Gasteiger partial charge < -0.3 is 14.2 Å². The second-order valence-corrected chi connectivity index (χ2v) is 7.28. The number of carbonyl (C=O) groups is 2. The molecule has 6 heteroatoms. The monoisotopic (exact) mass is 382 g/mol. The van der Waals surface area contributed by atoms with Crippen LogP contribution in [0.5, 0.6) is 5.75 Å². The van der Waals surface area contributed by atoms with Gasteiger partial charge in [0.25, 0.3) is 5.79 Å². The van der Waals surface area contributed by atoms with E-state index in [4.69, 9.17) is 14.2 Å². The van der Waals surface area contributed by atoms with Gasteiger partial charge in [0.15, 0.2) is 0 Å². The van der Waals surface area contributed by atoms with Gasteiger partial charge in [0.2, 0.25) is 0 Å². The summed E-state index contributed by atoms with van der Waals surface area (Å²) in [4.78, 5) is 24.5. The molecule has 0 unspecified atom stereocenters. The molecule has 1 aromatic rings. The summed E-state index contributed by atoms with van der Waals surface area (Å²) in [7, 11) is 1.56. The number of carbonyl (C=O) groups excluding carboxylic acids is 2. The highest BCUT2D eigenvalue weighted by Gasteiger charge is 2.50. The maximum absolute atomic E-state index is 12.3. The van der Waals surface area contributed by atoms with Crippen LogP contribution in [0.15, 0.2) is 28.2 Å². The Balaban J connectivity index is 2.33. The molecular formula is C17H19BrO5. The number of esters is 2. The Hall–Kier alpha value is -1.82. The summed E-state index contributed by atoms with van der Waals surface area (Å²) >= 11 is 3.36. The van der Waals surface area contributed by atoms with Crippen LogP contribution in [-0.4, -0.2) is 24.8 Å². The number of methoxy groups -OCH3 is 1. The zero-order valence-corrected chi connectivity index (χ0v) is 15.3. The van der Waals surface area contributed by atoms with Crippen molar-refractivity contribution in [3.8, 4) is 5.75 Å². The molecule has 0 aromatic heterocycles. The lowest BCUT2D eigenvalue weighted by Crippen LogP contribution is -2.52. The van der Waals surface area contributed by atoms with E-state index in [0.717, 1.165) is 0 Å². The summed E-state index contributed by atoms with van der Waals surface area (Å²) in [6.45, 7) is 7.10. The number of rotatable bonds is 2. The average molecular weight is 383 g/mol. The first-order valence-electron chi connectivity index (χ1n) is 7.09. The van der Waals surface area contributed by atoms with Gasteiger partial charge in [0, 0.05) is 12.3 Å². The van der Waals surface area contributed by atoms with Crippen molar-refractivity contribution < 1.29 is 23.8 Å². The number of hydrogen-bond acceptors (Lipinski definition) is 5. The van der Waals surface area contributed by atoms with E-state index in [0.29, 0.717) is 15.8 Å². The van der Waals surface area contributed by atoms with E-state index in [-0.39, 0.29) is 5.57 Å². The van der Waals surface area contributed by atoms with Crippen LogP contribution >= 0.6 is 15.9 Å². The predicted molar refractivity (Wildman–Crippen MR) is 88.7 cm³/mol. The van der Waals surface area contributed by atoms with Crippen molar-refractivity contribution in [1.82, 2.24) is 0 Å². The minimum absolute atomic E-state index is 0.135. The standard InChI is InChI=1S/C17H19BrO5/c1-16(2,3)17(4)22-14(19)11(15(20)23-17)8-10-6-7-13(21-5)12(18)9-10/h6-9H,1-5H3. The zero-order valence-electron chi connectivity index (χ0n) is 13.7. The van der Waals surface area contributed by atoms with Crippen LogP contribution in [0.25, 0.3) is 6.08 Å². The molecule has 0 saturated carbocycles. The fraction of sp³-hybridized carbons (Fsp3) is 0.412. The maximum Gasteiger partial charge on any atom is 0.348 e. The van der Waals surface area contributed by atoms with Crippen LogP contribution in [-0.2, 0) is 19.1 Å². The van der Waals surface area contributed by atoms with Crippen LogP contribution in [0.1, 0.15) is 33.3 Å². The summed E-state index contributed by atoms with van der Waals surface area (Å²) in [5, 5.41) is 0. The Bertz CT molecular complexity index is 665. The van der Waals surface area contributed by atoms with Gasteiger partial charge in [-0.1, -0.05) is 26.8 Å². The molecule has 124 valence electrons. The van der Waals surface area contributed by atoms with Crippen molar-refractivity contribution in [2.24, 2.45) is 5.41 Å². The molecular weight excluding hydrogens is 364 g/mol. The van der Waals surface area contributed by atoms with Crippen LogP contribution in [0.4, 0.5) is 0 Å². The van der Waals surface area contributed by atoms with Crippen molar-refractivity contribution in [1.29, 1.82) is 0 Å². The first kappa shape index (κ1) is 17.5. The fourth-order valence-corrected chi connectivity index (χ4v) is 2.49. The van der Waals surface area contributed by atoms with Gasteiger partial charge >= 0.3 is 11.9 Å². The van der Waals surface area contributed by atoms with E-state index in [1.165, 1.54) is 6.08 Å². The lowest BCUT2D eigenvalue weighted by molar-refractivity contribution is -0.261. The third-order valence-corrected chi connectivity index (χ3v) is 4.48. The first-order chi connectivity index (χ1) is 10.6. The summed E-state index contributed by atoms with van der Waals surface area (Å²) < 4.78 is 16.6. The number of ether oxygens (including phenoxy) is 3. The van der Waals surface area contributed by atoms with E-state index in [2.05, 4.69) is 15.9 Å². The van der Waals surface area contributed by atoms with Gasteiger partial charge in [-0.15, -0.1) is 0 Å². The van der Waals surface area contributed by atoms with E-state index < -0.39 is 23.1 Å². The van der Waals surface area contributed by atoms with Crippen LogP contribution in [0.3, 0.4) is 0 Å². The first-order valence-corrected chi connectivity index (χ1v) is 7.88. The topological polar surface area (TPSA) is 61.8 Å². The molecule has 1 aliphatic rings. The fourth-order valence-electron chi connectivity index (χ4n) is 1.93. The SMILES string of the molecule is COc1ccc(C=C2C(=O)OC(C)(C(C)(C)C)OC2=O)cc1Br. The van der Waals surface area contributed by atoms with Crippen molar-refractivity contribution in [2.45, 2.75) is 33.5 Å². The van der Waals surface area contributed by atoms with E-state index in [9.17, 15) is 9.59 Å². The number of benzene rings is 1. The minimum atomic E-state index is -1.29. The smallest absolute Gasteiger partial charge is 0.348 e. The second kappa shape index (κ2) is 6.00. The number of hydrogen-bond donors (Lipinski definition) is 0. The van der Waals surface area contributed by atoms with Crippen molar-refractivity contribution in [3.05, 3.63) is 33.8 Å². The van der Waals surface area contributed by atoms with Crippen LogP contribution in [0.2, 0.25) is 0 Å². The van der Waals surface area contributed by atoms with Gasteiger partial charge in [-0.3, -0.25) is 0 Å². The van der Waals surface area contributed by atoms with Gasteiger partial charge in [-0.25, -0.2) is 9.59 Å². The molecule has 23 heavy (non-hydrogen) atoms. The number of halogens is 1. The zero-order chi connectivity index (χ0) is 17.4. The summed E-state index contributed by atoms with van der Waals surface area (Å²) in [5.74, 6) is -2.02. The Morgan fingerprint density at radius 3 is 2.17 bits per heavy atom. The lowest BCUT2D eigenvalue weighted by Gasteiger charge is -2.42. The molecule has 0 N–H and O–H groups in total. The summed E-state index contributed by atoms with van der Waals surface area (Å²) in [5.41, 5.74) is -0.0165. The molecule has 2 rings (SSSR count). The molecule has 0 atom stereocenters. The molecule has 0 radical (unpaired) electrons. The molecule has 0 spiro atoms. The molecule has 1 heterocycles. The van der Waals surface area contributed by atoms with Crippen molar-refractivity contribution in [2.75, 3.05) is 7.11 Å². The molecule has 1 saturated heterocycles. The molecule has 0 amide bonds. The molecule has 1 aromatic carbocycles. The minimum Gasteiger partial charge on any atom is -0.496 e. The molecule has 1 fully saturated rings. The Kier molecular flexibility index (Phi) is 4.57. The Labute approximate surface area is 143 Å². The van der Waals surface area contributed by atoms with Crippen molar-refractivity contribution >= 4 is 33.9 Å². The van der Waals surface area contributed by atoms with E-state index >= 15 is 0 Å². The molecule has 1 aliphatic heterocycles. The Morgan fingerprint density at radius 2 is 1.74 bits per heavy atom. The Morgan fingerprint density at radius 1 is 1.17 bits per heavy atom. The maximum atomic E-state index is 12.3. The van der Waals surface area contributed by atoms with Gasteiger partial charge in [0.1, 0.15) is 11.3 Å². The average Bonchev–Trinajstić information content (AvgIpc) is 2.42. The quantitative estimate of drug-likeness (QED) is 0.443. The second-order valence-electron chi connectivity index (χ2n) is 6.43. The molecule has 0 bridgehead atoms. The molecule has 0 aliphatic carbocycles. The normalized spacial score (nSPS) is 21.6. The van der Waals surface area contributed by atoms with E-state index in [1.54, 1.807) is 32.2 Å². The van der Waals surface area contributed by atoms with Crippen LogP contribution < -0.4 is 4.74 Å². The third-order valence-electron chi connectivity index (χ3n) is 3.86. The predicted octanol–water partition coefficient (Wildman–Crippen LogP) is 3.70. The number of cyclic esters (lactones) is 2. The van der Waals surface area contributed by atoms with Gasteiger partial charge in [0.05, 0.1) is 11.6 Å². The summed E-state index contributed by atoms with van der Waals surface area (Å²) in [6, 6.07) is 5.20. The third kappa shape index (κ3) is 3.42. The summed E-state index contributed by atoms with van der Waals surface area (Å²) in [6.07, 6.45) is 1.44. The van der Waals surface area contributed by atoms with E-state index in [1.807, 2.05) is 20.8 Å². The van der Waals surface area contributed by atoms with Gasteiger partial charge in [-0.05, 0) is 39.7 Å².